The predicted molar refractivity (Wildman–Crippen MR) is 169 cm³/mol. The van der Waals surface area contributed by atoms with E-state index in [1.54, 1.807) is 18.3 Å². The van der Waals surface area contributed by atoms with E-state index in [0.29, 0.717) is 22.3 Å². The Morgan fingerprint density at radius 1 is 0.907 bits per heavy atom. The number of aryl methyl sites for hydroxylation is 1. The number of hydrogen-bond acceptors (Lipinski definition) is 6. The summed E-state index contributed by atoms with van der Waals surface area (Å²) in [6, 6.07) is 29.6. The third-order valence-corrected chi connectivity index (χ3v) is 7.92. The van der Waals surface area contributed by atoms with E-state index in [1.165, 1.54) is 13.2 Å². The number of thiocarbonyl (C=S) groups is 1. The summed E-state index contributed by atoms with van der Waals surface area (Å²) in [5, 5.41) is 16.1. The van der Waals surface area contributed by atoms with Crippen LogP contribution in [-0.4, -0.2) is 26.7 Å². The highest BCUT2D eigenvalue weighted by Gasteiger charge is 2.42. The summed E-state index contributed by atoms with van der Waals surface area (Å²) in [4.78, 5) is 18.4. The summed E-state index contributed by atoms with van der Waals surface area (Å²) in [5.41, 5.74) is 4.81. The molecule has 1 saturated heterocycles. The summed E-state index contributed by atoms with van der Waals surface area (Å²) in [6.07, 6.45) is 1.76. The van der Waals surface area contributed by atoms with Gasteiger partial charge in [-0.2, -0.15) is 0 Å². The van der Waals surface area contributed by atoms with Gasteiger partial charge >= 0.3 is 0 Å². The fourth-order valence-electron chi connectivity index (χ4n) is 5.67. The van der Waals surface area contributed by atoms with E-state index in [-0.39, 0.29) is 22.7 Å². The molecule has 1 aliphatic rings. The SMILES string of the molecule is COc1ccc(-n2c(C)cc([C@@H]3[C@H](c4ccccn4)NC(=S)N3c3ccc(Oc4ccccc4)cc3)c2C)c([N+](=O)[O-])c1. The normalized spacial score (nSPS) is 16.2. The Bertz CT molecular complexity index is 1790. The Kier molecular flexibility index (Phi) is 7.52. The molecule has 0 saturated carbocycles. The largest absolute Gasteiger partial charge is 0.496 e. The van der Waals surface area contributed by atoms with Crippen LogP contribution in [0.2, 0.25) is 0 Å². The van der Waals surface area contributed by atoms with Crippen LogP contribution in [0.3, 0.4) is 0 Å². The van der Waals surface area contributed by atoms with Gasteiger partial charge in [0.1, 0.15) is 22.9 Å². The van der Waals surface area contributed by atoms with Crippen LogP contribution in [0.25, 0.3) is 5.69 Å². The maximum Gasteiger partial charge on any atom is 0.296 e. The molecule has 1 N–H and O–H groups in total. The van der Waals surface area contributed by atoms with Gasteiger partial charge in [0.2, 0.25) is 0 Å². The first-order valence-electron chi connectivity index (χ1n) is 13.7. The highest BCUT2D eigenvalue weighted by atomic mass is 32.1. The van der Waals surface area contributed by atoms with Gasteiger partial charge in [-0.15, -0.1) is 0 Å². The topological polar surface area (TPSA) is 94.7 Å². The maximum absolute atomic E-state index is 12.1. The number of nitro groups is 1. The molecule has 0 spiro atoms. The van der Waals surface area contributed by atoms with Crippen LogP contribution >= 0.6 is 12.2 Å². The Hall–Kier alpha value is -5.22. The van der Waals surface area contributed by atoms with Gasteiger partial charge in [0.25, 0.3) is 5.69 Å². The van der Waals surface area contributed by atoms with E-state index >= 15 is 0 Å². The number of methoxy groups -OCH3 is 1. The summed E-state index contributed by atoms with van der Waals surface area (Å²) in [7, 11) is 1.49. The van der Waals surface area contributed by atoms with Gasteiger partial charge in [0.15, 0.2) is 5.11 Å². The minimum Gasteiger partial charge on any atom is -0.496 e. The van der Waals surface area contributed by atoms with Gasteiger partial charge in [-0.05, 0) is 98.4 Å². The van der Waals surface area contributed by atoms with Crippen LogP contribution in [0, 0.1) is 24.0 Å². The average molecular weight is 592 g/mol. The van der Waals surface area contributed by atoms with Crippen LogP contribution in [0.1, 0.15) is 34.7 Å². The third kappa shape index (κ3) is 5.28. The summed E-state index contributed by atoms with van der Waals surface area (Å²) in [5.74, 6) is 1.88. The highest BCUT2D eigenvalue weighted by molar-refractivity contribution is 7.80. The predicted octanol–water partition coefficient (Wildman–Crippen LogP) is 7.38. The van der Waals surface area contributed by atoms with E-state index in [9.17, 15) is 10.1 Å². The molecule has 3 aromatic carbocycles. The number of aromatic nitrogens is 2. The Labute approximate surface area is 254 Å². The van der Waals surface area contributed by atoms with E-state index in [0.717, 1.165) is 34.1 Å². The molecule has 0 bridgehead atoms. The van der Waals surface area contributed by atoms with Crippen LogP contribution in [0.15, 0.2) is 103 Å². The van der Waals surface area contributed by atoms with E-state index in [2.05, 4.69) is 21.3 Å². The number of nitro benzene ring substituents is 1. The van der Waals surface area contributed by atoms with Crippen LogP contribution in [-0.2, 0) is 0 Å². The molecule has 5 aromatic rings. The van der Waals surface area contributed by atoms with Gasteiger partial charge < -0.3 is 24.3 Å². The minimum absolute atomic E-state index is 0.0418. The number of anilines is 1. The average Bonchev–Trinajstić information content (AvgIpc) is 3.52. The number of ether oxygens (including phenoxy) is 2. The first kappa shape index (κ1) is 27.9. The lowest BCUT2D eigenvalue weighted by molar-refractivity contribution is -0.384. The molecule has 216 valence electrons. The third-order valence-electron chi connectivity index (χ3n) is 7.60. The lowest BCUT2D eigenvalue weighted by Crippen LogP contribution is -2.29. The number of nitrogens with one attached hydrogen (secondary N) is 1. The molecular weight excluding hydrogens is 562 g/mol. The first-order chi connectivity index (χ1) is 20.9. The zero-order chi connectivity index (χ0) is 30.1. The molecule has 0 radical (unpaired) electrons. The molecule has 3 heterocycles. The van der Waals surface area contributed by atoms with Crippen molar-refractivity contribution < 1.29 is 14.4 Å². The summed E-state index contributed by atoms with van der Waals surface area (Å²) in [6.45, 7) is 3.92. The number of benzene rings is 3. The Morgan fingerprint density at radius 3 is 2.28 bits per heavy atom. The van der Waals surface area contributed by atoms with Gasteiger partial charge in [-0.3, -0.25) is 15.1 Å². The highest BCUT2D eigenvalue weighted by Crippen LogP contribution is 2.44. The zero-order valence-electron chi connectivity index (χ0n) is 23.8. The molecule has 0 amide bonds. The van der Waals surface area contributed by atoms with Crippen LogP contribution in [0.5, 0.6) is 17.2 Å². The Morgan fingerprint density at radius 2 is 1.60 bits per heavy atom. The van der Waals surface area contributed by atoms with E-state index in [4.69, 9.17) is 21.7 Å². The number of nitrogens with zero attached hydrogens (tertiary/aromatic N) is 4. The van der Waals surface area contributed by atoms with Crippen LogP contribution < -0.4 is 19.7 Å². The molecule has 10 heteroatoms. The van der Waals surface area contributed by atoms with Crippen LogP contribution in [0.4, 0.5) is 11.4 Å². The second-order valence-corrected chi connectivity index (χ2v) is 10.6. The molecular formula is C33H29N5O4S. The second-order valence-electron chi connectivity index (χ2n) is 10.2. The van der Waals surface area contributed by atoms with Crippen molar-refractivity contribution in [1.82, 2.24) is 14.9 Å². The number of hydrogen-bond donors (Lipinski definition) is 1. The van der Waals surface area contributed by atoms with Crippen molar-refractivity contribution in [3.05, 3.63) is 136 Å². The van der Waals surface area contributed by atoms with E-state index < -0.39 is 0 Å². The molecule has 1 fully saturated rings. The molecule has 2 aromatic heterocycles. The molecule has 43 heavy (non-hydrogen) atoms. The first-order valence-corrected chi connectivity index (χ1v) is 14.1. The van der Waals surface area contributed by atoms with Gasteiger partial charge in [0, 0.05) is 23.3 Å². The van der Waals surface area contributed by atoms with Gasteiger partial charge in [0.05, 0.1) is 35.9 Å². The van der Waals surface area contributed by atoms with Gasteiger partial charge in [-0.25, -0.2) is 0 Å². The quantitative estimate of drug-likeness (QED) is 0.114. The van der Waals surface area contributed by atoms with Crippen molar-refractivity contribution in [3.63, 3.8) is 0 Å². The lowest BCUT2D eigenvalue weighted by Gasteiger charge is -2.28. The van der Waals surface area contributed by atoms with Crippen molar-refractivity contribution >= 4 is 28.7 Å². The lowest BCUT2D eigenvalue weighted by atomic mass is 9.96. The number of para-hydroxylation sites is 1. The molecule has 0 aliphatic carbocycles. The second kappa shape index (κ2) is 11.6. The van der Waals surface area contributed by atoms with Crippen molar-refractivity contribution in [2.75, 3.05) is 12.0 Å². The maximum atomic E-state index is 12.1. The van der Waals surface area contributed by atoms with Gasteiger partial charge in [-0.1, -0.05) is 24.3 Å². The molecule has 2 atom stereocenters. The molecule has 1 aliphatic heterocycles. The fraction of sp³-hybridized carbons (Fsp3) is 0.152. The summed E-state index contributed by atoms with van der Waals surface area (Å²) >= 11 is 5.92. The number of pyridine rings is 1. The van der Waals surface area contributed by atoms with E-state index in [1.807, 2.05) is 91.2 Å². The van der Waals surface area contributed by atoms with Crippen molar-refractivity contribution in [1.29, 1.82) is 0 Å². The van der Waals surface area contributed by atoms with Crippen molar-refractivity contribution in [3.8, 4) is 22.9 Å². The zero-order valence-corrected chi connectivity index (χ0v) is 24.6. The monoisotopic (exact) mass is 591 g/mol. The number of rotatable bonds is 8. The fourth-order valence-corrected chi connectivity index (χ4v) is 6.02. The summed E-state index contributed by atoms with van der Waals surface area (Å²) < 4.78 is 13.2. The smallest absolute Gasteiger partial charge is 0.296 e. The molecule has 9 nitrogen and oxygen atoms in total. The molecule has 0 unspecified atom stereocenters. The molecule has 6 rings (SSSR count). The Balaban J connectivity index is 1.45. The van der Waals surface area contributed by atoms with Crippen molar-refractivity contribution in [2.45, 2.75) is 25.9 Å². The van der Waals surface area contributed by atoms with Crippen molar-refractivity contribution in [2.24, 2.45) is 0 Å². The standard InChI is InChI=1S/C33H29N5O4S/c1-21-19-27(22(2)36(21)29-17-16-26(41-3)20-30(29)38(39)40)32-31(28-11-7-8-18-34-28)35-33(43)37(32)23-12-14-25(15-13-23)42-24-9-5-4-6-10-24/h4-20,31-32H,1-3H3,(H,35,43)/t31-,32+/m0/s1. The minimum atomic E-state index is -0.384.